The molecule has 0 bridgehead atoms. The first kappa shape index (κ1) is 17.7. The van der Waals surface area contributed by atoms with Gasteiger partial charge in [-0.15, -0.1) is 23.1 Å². The van der Waals surface area contributed by atoms with Gasteiger partial charge >= 0.3 is 0 Å². The number of benzene rings is 1. The maximum absolute atomic E-state index is 12.0. The Morgan fingerprint density at radius 1 is 1.32 bits per heavy atom. The molecular weight excluding hydrogens is 354 g/mol. The Morgan fingerprint density at radius 2 is 2.09 bits per heavy atom. The molecule has 0 aliphatic rings. The second-order valence-electron chi connectivity index (χ2n) is 4.64. The first-order valence-corrected chi connectivity index (χ1v) is 10.2. The van der Waals surface area contributed by atoms with Crippen molar-refractivity contribution in [2.24, 2.45) is 0 Å². The Balaban J connectivity index is 1.62. The minimum Gasteiger partial charge on any atom is -0.354 e. The largest absolute Gasteiger partial charge is 0.354 e. The molecule has 1 N–H and O–H groups in total. The summed E-state index contributed by atoms with van der Waals surface area (Å²) in [5, 5.41) is 5.69. The molecular formula is C16H18ClNOS3. The van der Waals surface area contributed by atoms with Gasteiger partial charge in [-0.1, -0.05) is 17.7 Å². The van der Waals surface area contributed by atoms with Crippen LogP contribution in [0.25, 0.3) is 0 Å². The highest BCUT2D eigenvalue weighted by atomic mass is 35.5. The first-order chi connectivity index (χ1) is 10.6. The van der Waals surface area contributed by atoms with Gasteiger partial charge in [0.15, 0.2) is 0 Å². The number of amides is 1. The third-order valence-corrected chi connectivity index (χ3v) is 6.30. The highest BCUT2D eigenvalue weighted by Gasteiger charge is 2.13. The van der Waals surface area contributed by atoms with Crippen LogP contribution < -0.4 is 5.32 Å². The van der Waals surface area contributed by atoms with E-state index in [0.29, 0.717) is 11.6 Å². The van der Waals surface area contributed by atoms with E-state index < -0.39 is 0 Å². The monoisotopic (exact) mass is 371 g/mol. The number of carbonyl (C=O) groups excluding carboxylic acids is 1. The molecule has 0 saturated carbocycles. The van der Waals surface area contributed by atoms with E-state index in [1.807, 2.05) is 43.0 Å². The van der Waals surface area contributed by atoms with Crippen molar-refractivity contribution in [3.63, 3.8) is 0 Å². The van der Waals surface area contributed by atoms with E-state index in [9.17, 15) is 4.79 Å². The molecule has 1 heterocycles. The zero-order valence-corrected chi connectivity index (χ0v) is 15.5. The Kier molecular flexibility index (Phi) is 7.66. The summed E-state index contributed by atoms with van der Waals surface area (Å²) in [7, 11) is 0. The van der Waals surface area contributed by atoms with Gasteiger partial charge in [0.2, 0.25) is 5.91 Å². The summed E-state index contributed by atoms with van der Waals surface area (Å²) < 4.78 is 0. The Bertz CT molecular complexity index is 572. The number of halogens is 1. The lowest BCUT2D eigenvalue weighted by atomic mass is 10.4. The quantitative estimate of drug-likeness (QED) is 0.526. The van der Waals surface area contributed by atoms with E-state index in [1.54, 1.807) is 23.1 Å². The SMILES string of the molecule is CC(Sc1ccc(Cl)cc1)C(=O)NCCSCc1cccs1. The van der Waals surface area contributed by atoms with Crippen molar-refractivity contribution in [2.45, 2.75) is 22.8 Å². The van der Waals surface area contributed by atoms with Crippen molar-refractivity contribution in [1.29, 1.82) is 0 Å². The zero-order valence-electron chi connectivity index (χ0n) is 12.3. The van der Waals surface area contributed by atoms with E-state index in [4.69, 9.17) is 11.6 Å². The molecule has 2 rings (SSSR count). The molecule has 1 atom stereocenters. The van der Waals surface area contributed by atoms with E-state index in [2.05, 4.69) is 22.8 Å². The van der Waals surface area contributed by atoms with Crippen molar-refractivity contribution < 1.29 is 4.79 Å². The third-order valence-electron chi connectivity index (χ3n) is 2.87. The van der Waals surface area contributed by atoms with Crippen molar-refractivity contribution >= 4 is 52.4 Å². The Hall–Kier alpha value is -0.620. The Labute approximate surface area is 149 Å². The molecule has 0 radical (unpaired) electrons. The molecule has 6 heteroatoms. The van der Waals surface area contributed by atoms with Crippen LogP contribution in [-0.2, 0) is 10.5 Å². The molecule has 0 saturated heterocycles. The van der Waals surface area contributed by atoms with E-state index in [1.165, 1.54) is 4.88 Å². The molecule has 0 aliphatic heterocycles. The van der Waals surface area contributed by atoms with Crippen LogP contribution in [0, 0.1) is 0 Å². The molecule has 0 spiro atoms. The maximum Gasteiger partial charge on any atom is 0.233 e. The minimum absolute atomic E-state index is 0.0803. The molecule has 1 aromatic carbocycles. The fraction of sp³-hybridized carbons (Fsp3) is 0.312. The lowest BCUT2D eigenvalue weighted by molar-refractivity contribution is -0.120. The molecule has 0 aliphatic carbocycles. The maximum atomic E-state index is 12.0. The molecule has 2 nitrogen and oxygen atoms in total. The van der Waals surface area contributed by atoms with Crippen LogP contribution >= 0.6 is 46.5 Å². The smallest absolute Gasteiger partial charge is 0.233 e. The summed E-state index contributed by atoms with van der Waals surface area (Å²) in [6.45, 7) is 2.63. The van der Waals surface area contributed by atoms with Gasteiger partial charge in [-0.25, -0.2) is 0 Å². The van der Waals surface area contributed by atoms with Gasteiger partial charge in [-0.05, 0) is 42.6 Å². The summed E-state index contributed by atoms with van der Waals surface area (Å²) in [5.41, 5.74) is 0. The van der Waals surface area contributed by atoms with Gasteiger partial charge in [0.1, 0.15) is 0 Å². The van der Waals surface area contributed by atoms with Crippen LogP contribution in [0.15, 0.2) is 46.7 Å². The van der Waals surface area contributed by atoms with Crippen LogP contribution in [-0.4, -0.2) is 23.5 Å². The Morgan fingerprint density at radius 3 is 2.77 bits per heavy atom. The standard InChI is InChI=1S/C16H18ClNOS3/c1-12(22-14-6-4-13(17)5-7-14)16(19)18-8-10-20-11-15-3-2-9-21-15/h2-7,9,12H,8,10-11H2,1H3,(H,18,19). The second-order valence-corrected chi connectivity index (χ2v) is 8.63. The van der Waals surface area contributed by atoms with Crippen molar-refractivity contribution in [3.8, 4) is 0 Å². The molecule has 1 unspecified atom stereocenters. The summed E-state index contributed by atoms with van der Waals surface area (Å²) in [5.74, 6) is 2.03. The number of carbonyl (C=O) groups is 1. The second kappa shape index (κ2) is 9.50. The number of nitrogens with one attached hydrogen (secondary N) is 1. The van der Waals surface area contributed by atoms with Gasteiger partial charge in [-0.2, -0.15) is 11.8 Å². The van der Waals surface area contributed by atoms with Crippen LogP contribution in [0.1, 0.15) is 11.8 Å². The highest BCUT2D eigenvalue weighted by molar-refractivity contribution is 8.00. The van der Waals surface area contributed by atoms with Crippen LogP contribution in [0.5, 0.6) is 0 Å². The average Bonchev–Trinajstić information content (AvgIpc) is 3.02. The fourth-order valence-corrected chi connectivity index (χ4v) is 4.45. The van der Waals surface area contributed by atoms with Crippen LogP contribution in [0.2, 0.25) is 5.02 Å². The van der Waals surface area contributed by atoms with Gasteiger partial charge < -0.3 is 5.32 Å². The first-order valence-electron chi connectivity index (χ1n) is 6.95. The van der Waals surface area contributed by atoms with Crippen molar-refractivity contribution in [1.82, 2.24) is 5.32 Å². The summed E-state index contributed by atoms with van der Waals surface area (Å²) in [6.07, 6.45) is 0. The molecule has 1 aromatic heterocycles. The molecule has 0 fully saturated rings. The number of rotatable bonds is 8. The van der Waals surface area contributed by atoms with E-state index in [-0.39, 0.29) is 11.2 Å². The van der Waals surface area contributed by atoms with E-state index in [0.717, 1.165) is 16.4 Å². The summed E-state index contributed by atoms with van der Waals surface area (Å²) in [6, 6.07) is 11.8. The minimum atomic E-state index is -0.108. The van der Waals surface area contributed by atoms with Gasteiger partial charge in [-0.3, -0.25) is 4.79 Å². The summed E-state index contributed by atoms with van der Waals surface area (Å²) in [4.78, 5) is 14.5. The predicted octanol–water partition coefficient (Wildman–Crippen LogP) is 4.93. The van der Waals surface area contributed by atoms with Crippen molar-refractivity contribution in [3.05, 3.63) is 51.7 Å². The van der Waals surface area contributed by atoms with E-state index >= 15 is 0 Å². The molecule has 22 heavy (non-hydrogen) atoms. The van der Waals surface area contributed by atoms with Gasteiger partial charge in [0, 0.05) is 32.8 Å². The highest BCUT2D eigenvalue weighted by Crippen LogP contribution is 2.24. The predicted molar refractivity (Wildman–Crippen MR) is 100 cm³/mol. The number of hydrogen-bond acceptors (Lipinski definition) is 4. The molecule has 118 valence electrons. The van der Waals surface area contributed by atoms with Crippen LogP contribution in [0.3, 0.4) is 0 Å². The topological polar surface area (TPSA) is 29.1 Å². The van der Waals surface area contributed by atoms with Crippen molar-refractivity contribution in [2.75, 3.05) is 12.3 Å². The lowest BCUT2D eigenvalue weighted by Crippen LogP contribution is -2.32. The summed E-state index contributed by atoms with van der Waals surface area (Å²) >= 11 is 11.0. The number of hydrogen-bond donors (Lipinski definition) is 1. The molecule has 2 aromatic rings. The fourth-order valence-electron chi connectivity index (χ4n) is 1.73. The van der Waals surface area contributed by atoms with Gasteiger partial charge in [0.05, 0.1) is 5.25 Å². The third kappa shape index (κ3) is 6.24. The lowest BCUT2D eigenvalue weighted by Gasteiger charge is -2.12. The normalized spacial score (nSPS) is 12.1. The average molecular weight is 372 g/mol. The zero-order chi connectivity index (χ0) is 15.8. The number of thioether (sulfide) groups is 2. The van der Waals surface area contributed by atoms with Gasteiger partial charge in [0.25, 0.3) is 0 Å². The molecule has 1 amide bonds. The number of thiophene rings is 1. The van der Waals surface area contributed by atoms with Crippen LogP contribution in [0.4, 0.5) is 0 Å².